The van der Waals surface area contributed by atoms with Crippen molar-refractivity contribution in [1.29, 1.82) is 0 Å². The molecule has 0 saturated heterocycles. The Morgan fingerprint density at radius 3 is 2.15 bits per heavy atom. The zero-order valence-electron chi connectivity index (χ0n) is 14.9. The fraction of sp³-hybridized carbons (Fsp3) is 0.375. The van der Waals surface area contributed by atoms with Crippen molar-refractivity contribution in [2.45, 2.75) is 20.8 Å². The Labute approximate surface area is 191 Å². The quantitative estimate of drug-likeness (QED) is 0.244. The zero-order chi connectivity index (χ0) is 18.1. The van der Waals surface area contributed by atoms with Crippen LogP contribution < -0.4 is 0 Å². The fourth-order valence-corrected chi connectivity index (χ4v) is 3.43. The number of Topliss-reactive ketones (excluding diaryl/α,β-unsaturated/α-hetero) is 1. The standard InChI is InChI=1S/2C8H10N2OS.2W/c1-6-7(5-11)10-8(12-6)3-4-9-2;1-5(11)8-6(2)12-7(10-8)3-4-9;;/h3,5H,4H2,1-2H3;3,9H,4H2,1-2H3;;/q2*-2;2*+2. The first-order valence-corrected chi connectivity index (χ1v) is 8.83. The molecular weight excluding hydrogens is 712 g/mol. The number of likely N-dealkylation sites (N-methyl/N-ethyl adjacent to an activating group) is 1. The van der Waals surface area contributed by atoms with E-state index in [0.717, 1.165) is 26.1 Å². The zero-order valence-corrected chi connectivity index (χ0v) is 22.4. The van der Waals surface area contributed by atoms with Crippen LogP contribution in [0.15, 0.2) is 0 Å². The molecule has 26 heavy (non-hydrogen) atoms. The topological polar surface area (TPSA) is 97.8 Å². The molecule has 1 N–H and O–H groups in total. The van der Waals surface area contributed by atoms with Crippen molar-refractivity contribution in [3.8, 4) is 0 Å². The summed E-state index contributed by atoms with van der Waals surface area (Å²) in [7, 11) is 1.75. The molecule has 2 aromatic heterocycles. The molecule has 0 aliphatic heterocycles. The summed E-state index contributed by atoms with van der Waals surface area (Å²) in [5, 5.41) is 5.56. The summed E-state index contributed by atoms with van der Waals surface area (Å²) in [6, 6.07) is 0. The molecule has 2 rings (SSSR count). The number of aldehydes is 1. The van der Waals surface area contributed by atoms with Crippen molar-refractivity contribution < 1.29 is 51.7 Å². The Balaban J connectivity index is 0. The third-order valence-electron chi connectivity index (χ3n) is 2.83. The van der Waals surface area contributed by atoms with Gasteiger partial charge in [0.05, 0.1) is 0 Å². The molecule has 0 atom stereocenters. The second kappa shape index (κ2) is 14.7. The molecule has 0 bridgehead atoms. The van der Waals surface area contributed by atoms with E-state index in [1.54, 1.807) is 13.5 Å². The number of hydrogen-bond acceptors (Lipinski definition) is 6. The minimum absolute atomic E-state index is 0. The Bertz CT molecular complexity index is 690. The van der Waals surface area contributed by atoms with Crippen LogP contribution >= 0.6 is 22.7 Å². The van der Waals surface area contributed by atoms with Crippen LogP contribution in [0.4, 0.5) is 0 Å². The van der Waals surface area contributed by atoms with Crippen molar-refractivity contribution in [3.05, 3.63) is 55.0 Å². The van der Waals surface area contributed by atoms with Gasteiger partial charge in [-0.15, -0.1) is 0 Å². The summed E-state index contributed by atoms with van der Waals surface area (Å²) in [4.78, 5) is 31.5. The van der Waals surface area contributed by atoms with Gasteiger partial charge in [-0.1, -0.05) is 0 Å². The SMILES string of the molecule is CC(=O)c1nc([CH-]C[NH-])sc1C.C[N-]C[CH-]c1nc(C=O)c(C)s1.[W+2].[W+2]. The molecule has 0 aromatic carbocycles. The number of ketones is 1. The predicted octanol–water partition coefficient (Wildman–Crippen LogP) is 4.07. The van der Waals surface area contributed by atoms with Gasteiger partial charge >= 0.3 is 42.1 Å². The number of nitrogens with one attached hydrogen (secondary N) is 1. The van der Waals surface area contributed by atoms with Gasteiger partial charge in [-0.25, -0.2) is 0 Å². The van der Waals surface area contributed by atoms with Gasteiger partial charge in [0, 0.05) is 16.7 Å². The summed E-state index contributed by atoms with van der Waals surface area (Å²) in [5.74, 6) is -0.00613. The van der Waals surface area contributed by atoms with E-state index in [0.29, 0.717) is 17.9 Å². The molecule has 0 amide bonds. The van der Waals surface area contributed by atoms with Crippen LogP contribution in [0, 0.1) is 26.7 Å². The number of carbonyl (C=O) groups is 2. The molecule has 0 aliphatic rings. The maximum Gasteiger partial charge on any atom is 2.00 e. The summed E-state index contributed by atoms with van der Waals surface area (Å²) in [6.45, 7) is 6.14. The fourth-order valence-electron chi connectivity index (χ4n) is 1.71. The van der Waals surface area contributed by atoms with E-state index in [2.05, 4.69) is 15.3 Å². The second-order valence-corrected chi connectivity index (χ2v) is 7.21. The van der Waals surface area contributed by atoms with E-state index in [-0.39, 0.29) is 54.5 Å². The van der Waals surface area contributed by atoms with Gasteiger partial charge in [-0.2, -0.15) is 29.7 Å². The Hall–Kier alpha value is -0.363. The van der Waals surface area contributed by atoms with Crippen LogP contribution in [0.3, 0.4) is 0 Å². The smallest absolute Gasteiger partial charge is 0.701 e. The van der Waals surface area contributed by atoms with Crippen molar-refractivity contribution in [1.82, 2.24) is 9.97 Å². The molecule has 0 radical (unpaired) electrons. The Kier molecular flexibility index (Phi) is 15.7. The van der Waals surface area contributed by atoms with Gasteiger partial charge in [-0.3, -0.25) is 32.6 Å². The molecule has 2 heterocycles. The molecule has 0 fully saturated rings. The van der Waals surface area contributed by atoms with Crippen LogP contribution in [-0.2, 0) is 42.1 Å². The van der Waals surface area contributed by atoms with Crippen LogP contribution in [0.2, 0.25) is 0 Å². The minimum Gasteiger partial charge on any atom is -0.701 e. The van der Waals surface area contributed by atoms with Crippen LogP contribution in [-0.4, -0.2) is 42.2 Å². The van der Waals surface area contributed by atoms with Crippen LogP contribution in [0.1, 0.15) is 47.7 Å². The first-order chi connectivity index (χ1) is 11.4. The number of carbonyl (C=O) groups excluding carboxylic acids is 2. The van der Waals surface area contributed by atoms with Crippen molar-refractivity contribution >= 4 is 34.7 Å². The first-order valence-electron chi connectivity index (χ1n) is 7.20. The van der Waals surface area contributed by atoms with E-state index in [4.69, 9.17) is 5.73 Å². The molecule has 6 nitrogen and oxygen atoms in total. The van der Waals surface area contributed by atoms with Gasteiger partial charge < -0.3 is 23.9 Å². The molecule has 2 aromatic rings. The molecule has 0 spiro atoms. The van der Waals surface area contributed by atoms with Crippen molar-refractivity contribution in [2.75, 3.05) is 20.1 Å². The van der Waals surface area contributed by atoms with Crippen molar-refractivity contribution in [3.63, 3.8) is 0 Å². The first kappa shape index (κ1) is 27.9. The minimum atomic E-state index is -0.00613. The normalized spacial score (nSPS) is 9.12. The molecule has 0 aliphatic carbocycles. The van der Waals surface area contributed by atoms with E-state index >= 15 is 0 Å². The van der Waals surface area contributed by atoms with Crippen LogP contribution in [0.5, 0.6) is 0 Å². The Morgan fingerprint density at radius 2 is 1.73 bits per heavy atom. The second-order valence-electron chi connectivity index (χ2n) is 4.74. The summed E-state index contributed by atoms with van der Waals surface area (Å²) < 4.78 is 0. The summed E-state index contributed by atoms with van der Waals surface area (Å²) in [6.07, 6.45) is 4.39. The molecule has 10 heteroatoms. The third kappa shape index (κ3) is 9.02. The number of nitrogens with zero attached hydrogens (tertiary/aromatic N) is 3. The number of aryl methyl sites for hydroxylation is 2. The number of hydrogen-bond donors (Lipinski definition) is 0. The average Bonchev–Trinajstić information content (AvgIpc) is 3.08. The van der Waals surface area contributed by atoms with Gasteiger partial charge in [-0.05, 0) is 23.9 Å². The van der Waals surface area contributed by atoms with Crippen LogP contribution in [0.25, 0.3) is 11.1 Å². The molecule has 0 unspecified atom stereocenters. The van der Waals surface area contributed by atoms with E-state index in [1.165, 1.54) is 29.6 Å². The number of thiazole rings is 2. The maximum absolute atomic E-state index is 11.0. The average molecular weight is 732 g/mol. The predicted molar refractivity (Wildman–Crippen MR) is 99.2 cm³/mol. The summed E-state index contributed by atoms with van der Waals surface area (Å²) >= 11 is 2.98. The third-order valence-corrected chi connectivity index (χ3v) is 4.78. The van der Waals surface area contributed by atoms with Gasteiger partial charge in [0.1, 0.15) is 11.4 Å². The molecule has 0 saturated carbocycles. The van der Waals surface area contributed by atoms with E-state index in [9.17, 15) is 9.59 Å². The Morgan fingerprint density at radius 1 is 1.15 bits per heavy atom. The van der Waals surface area contributed by atoms with E-state index < -0.39 is 0 Å². The summed E-state index contributed by atoms with van der Waals surface area (Å²) in [5.41, 5.74) is 8.04. The monoisotopic (exact) mass is 732 g/mol. The van der Waals surface area contributed by atoms with Crippen molar-refractivity contribution in [2.24, 2.45) is 0 Å². The molecular formula is C16H20N4O2S2W2. The van der Waals surface area contributed by atoms with Gasteiger partial charge in [0.15, 0.2) is 12.1 Å². The number of rotatable bonds is 7. The molecule has 140 valence electrons. The van der Waals surface area contributed by atoms with Gasteiger partial charge in [0.2, 0.25) is 0 Å². The maximum atomic E-state index is 11.0. The van der Waals surface area contributed by atoms with E-state index in [1.807, 2.05) is 20.3 Å². The van der Waals surface area contributed by atoms with Gasteiger partial charge in [0.25, 0.3) is 0 Å². The number of aromatic nitrogens is 2. The largest absolute Gasteiger partial charge is 2.00 e.